The number of nitrogens with zero attached hydrogens (tertiary/aromatic N) is 3. The van der Waals surface area contributed by atoms with Crippen LogP contribution in [0.1, 0.15) is 23.2 Å². The maximum Gasteiger partial charge on any atom is 0.257 e. The number of piperidine rings is 1. The minimum Gasteiger partial charge on any atom is -0.497 e. The molecule has 32 heavy (non-hydrogen) atoms. The highest BCUT2D eigenvalue weighted by atomic mass is 16.7. The molecule has 0 aliphatic carbocycles. The van der Waals surface area contributed by atoms with Gasteiger partial charge in [0.15, 0.2) is 6.29 Å². The second kappa shape index (κ2) is 9.14. The largest absolute Gasteiger partial charge is 0.497 e. The number of aromatic nitrogens is 2. The molecule has 0 N–H and O–H groups in total. The van der Waals surface area contributed by atoms with E-state index in [-0.39, 0.29) is 18.1 Å². The molecule has 2 fully saturated rings. The fourth-order valence-electron chi connectivity index (χ4n) is 4.46. The van der Waals surface area contributed by atoms with E-state index in [0.717, 1.165) is 36.4 Å². The molecule has 3 aromatic rings. The number of methoxy groups -OCH3 is 1. The molecule has 2 aliphatic heterocycles. The molecule has 5 rings (SSSR count). The fourth-order valence-corrected chi connectivity index (χ4v) is 4.46. The third kappa shape index (κ3) is 4.13. The highest BCUT2D eigenvalue weighted by Gasteiger charge is 2.34. The number of benzene rings is 2. The molecule has 3 heterocycles. The molecule has 1 atom stereocenters. The van der Waals surface area contributed by atoms with Gasteiger partial charge < -0.3 is 19.1 Å². The molecule has 166 valence electrons. The second-order valence-electron chi connectivity index (χ2n) is 8.17. The van der Waals surface area contributed by atoms with Crippen LogP contribution in [-0.4, -0.2) is 60.3 Å². The summed E-state index contributed by atoms with van der Waals surface area (Å²) in [5.74, 6) is 0.899. The summed E-state index contributed by atoms with van der Waals surface area (Å²) in [4.78, 5) is 15.6. The predicted octanol–water partition coefficient (Wildman–Crippen LogP) is 3.77. The highest BCUT2D eigenvalue weighted by molar-refractivity contribution is 6.00. The topological polar surface area (TPSA) is 65.8 Å². The molecule has 0 saturated carbocycles. The van der Waals surface area contributed by atoms with E-state index in [4.69, 9.17) is 19.3 Å². The van der Waals surface area contributed by atoms with Crippen LogP contribution in [0.4, 0.5) is 0 Å². The van der Waals surface area contributed by atoms with Crippen molar-refractivity contribution < 1.29 is 19.0 Å². The lowest BCUT2D eigenvalue weighted by Crippen LogP contribution is -2.43. The van der Waals surface area contributed by atoms with E-state index in [2.05, 4.69) is 0 Å². The Bertz CT molecular complexity index is 1080. The van der Waals surface area contributed by atoms with Crippen LogP contribution in [0.5, 0.6) is 5.75 Å². The van der Waals surface area contributed by atoms with Crippen molar-refractivity contribution in [1.29, 1.82) is 0 Å². The number of rotatable bonds is 5. The van der Waals surface area contributed by atoms with Gasteiger partial charge in [-0.2, -0.15) is 5.10 Å². The van der Waals surface area contributed by atoms with Gasteiger partial charge in [-0.1, -0.05) is 30.3 Å². The normalized spacial score (nSPS) is 19.3. The van der Waals surface area contributed by atoms with Crippen molar-refractivity contribution in [3.63, 3.8) is 0 Å². The van der Waals surface area contributed by atoms with Crippen LogP contribution in [0, 0.1) is 5.92 Å². The van der Waals surface area contributed by atoms with Crippen molar-refractivity contribution in [3.05, 3.63) is 66.4 Å². The second-order valence-corrected chi connectivity index (χ2v) is 8.17. The van der Waals surface area contributed by atoms with Crippen LogP contribution in [0.25, 0.3) is 16.9 Å². The number of para-hydroxylation sites is 1. The maximum atomic E-state index is 13.7. The molecule has 0 radical (unpaired) electrons. The van der Waals surface area contributed by atoms with Crippen molar-refractivity contribution in [1.82, 2.24) is 14.7 Å². The maximum absolute atomic E-state index is 13.7. The van der Waals surface area contributed by atoms with Crippen molar-refractivity contribution in [3.8, 4) is 22.7 Å². The van der Waals surface area contributed by atoms with Gasteiger partial charge in [-0.15, -0.1) is 0 Å². The standard InChI is InChI=1S/C25H27N3O4/c1-30-21-11-5-7-18(15-21)23-22(17-28(26-23)20-9-3-2-4-10-20)24(29)27-12-6-8-19(16-27)25-31-13-14-32-25/h2-5,7,9-11,15,17,19,25H,6,8,12-14,16H2,1H3. The van der Waals surface area contributed by atoms with Gasteiger partial charge >= 0.3 is 0 Å². The smallest absolute Gasteiger partial charge is 0.257 e. The molecule has 2 aromatic carbocycles. The minimum absolute atomic E-state index is 0.0207. The van der Waals surface area contributed by atoms with Crippen LogP contribution in [0.3, 0.4) is 0 Å². The van der Waals surface area contributed by atoms with Crippen molar-refractivity contribution in [2.45, 2.75) is 19.1 Å². The molecule has 2 aliphatic rings. The molecule has 7 heteroatoms. The van der Waals surface area contributed by atoms with Crippen molar-refractivity contribution in [2.75, 3.05) is 33.4 Å². The van der Waals surface area contributed by atoms with Gasteiger partial charge in [0, 0.05) is 30.8 Å². The van der Waals surface area contributed by atoms with E-state index >= 15 is 0 Å². The number of carbonyl (C=O) groups excluding carboxylic acids is 1. The molecule has 0 spiro atoms. The lowest BCUT2D eigenvalue weighted by atomic mass is 9.96. The zero-order chi connectivity index (χ0) is 21.9. The average molecular weight is 434 g/mol. The van der Waals surface area contributed by atoms with E-state index in [1.54, 1.807) is 11.8 Å². The Hall–Kier alpha value is -3.16. The zero-order valence-electron chi connectivity index (χ0n) is 18.1. The lowest BCUT2D eigenvalue weighted by molar-refractivity contribution is -0.0969. The van der Waals surface area contributed by atoms with E-state index in [9.17, 15) is 4.79 Å². The first-order valence-corrected chi connectivity index (χ1v) is 11.0. The first-order chi connectivity index (χ1) is 15.7. The van der Waals surface area contributed by atoms with Gasteiger partial charge in [-0.3, -0.25) is 4.79 Å². The van der Waals surface area contributed by atoms with Crippen LogP contribution < -0.4 is 4.74 Å². The molecule has 1 amide bonds. The van der Waals surface area contributed by atoms with Gasteiger partial charge in [0.05, 0.1) is 31.6 Å². The first kappa shape index (κ1) is 20.7. The predicted molar refractivity (Wildman–Crippen MR) is 120 cm³/mol. The van der Waals surface area contributed by atoms with E-state index in [1.807, 2.05) is 65.7 Å². The minimum atomic E-state index is -0.213. The lowest BCUT2D eigenvalue weighted by Gasteiger charge is -2.34. The SMILES string of the molecule is COc1cccc(-c2nn(-c3ccccc3)cc2C(=O)N2CCCC(C3OCCO3)C2)c1. The monoisotopic (exact) mass is 433 g/mol. The Kier molecular flexibility index (Phi) is 5.92. The van der Waals surface area contributed by atoms with E-state index in [1.165, 1.54) is 0 Å². The summed E-state index contributed by atoms with van der Waals surface area (Å²) in [5.41, 5.74) is 2.97. The highest BCUT2D eigenvalue weighted by Crippen LogP contribution is 2.30. The van der Waals surface area contributed by atoms with Crippen LogP contribution in [0.2, 0.25) is 0 Å². The van der Waals surface area contributed by atoms with Crippen molar-refractivity contribution >= 4 is 5.91 Å². The number of carbonyl (C=O) groups is 1. The molecular weight excluding hydrogens is 406 g/mol. The van der Waals surface area contributed by atoms with Gasteiger partial charge in [-0.05, 0) is 37.1 Å². The van der Waals surface area contributed by atoms with E-state index < -0.39 is 0 Å². The number of likely N-dealkylation sites (tertiary alicyclic amines) is 1. The zero-order valence-corrected chi connectivity index (χ0v) is 18.1. The quantitative estimate of drug-likeness (QED) is 0.613. The molecule has 2 saturated heterocycles. The van der Waals surface area contributed by atoms with E-state index in [0.29, 0.717) is 31.0 Å². The van der Waals surface area contributed by atoms with Crippen LogP contribution in [0.15, 0.2) is 60.8 Å². The summed E-state index contributed by atoms with van der Waals surface area (Å²) in [7, 11) is 1.63. The Labute approximate surface area is 187 Å². The third-order valence-corrected chi connectivity index (χ3v) is 6.09. The number of hydrogen-bond donors (Lipinski definition) is 0. The number of hydrogen-bond acceptors (Lipinski definition) is 5. The number of ether oxygens (including phenoxy) is 3. The summed E-state index contributed by atoms with van der Waals surface area (Å²) in [6.45, 7) is 2.59. The van der Waals surface area contributed by atoms with Gasteiger partial charge in [-0.25, -0.2) is 4.68 Å². The summed E-state index contributed by atoms with van der Waals surface area (Å²) in [6.07, 6.45) is 3.55. The summed E-state index contributed by atoms with van der Waals surface area (Å²) in [5, 5.41) is 4.80. The molecule has 0 bridgehead atoms. The van der Waals surface area contributed by atoms with Gasteiger partial charge in [0.2, 0.25) is 0 Å². The third-order valence-electron chi connectivity index (χ3n) is 6.09. The Balaban J connectivity index is 1.49. The molecule has 1 unspecified atom stereocenters. The van der Waals surface area contributed by atoms with Gasteiger partial charge in [0.25, 0.3) is 5.91 Å². The number of amides is 1. The van der Waals surface area contributed by atoms with Crippen molar-refractivity contribution in [2.24, 2.45) is 5.92 Å². The Morgan fingerprint density at radius 1 is 1.09 bits per heavy atom. The molecule has 7 nitrogen and oxygen atoms in total. The van der Waals surface area contributed by atoms with Crippen LogP contribution in [-0.2, 0) is 9.47 Å². The van der Waals surface area contributed by atoms with Gasteiger partial charge in [0.1, 0.15) is 11.4 Å². The average Bonchev–Trinajstić information content (AvgIpc) is 3.55. The first-order valence-electron chi connectivity index (χ1n) is 11.0. The molecular formula is C25H27N3O4. The summed E-state index contributed by atoms with van der Waals surface area (Å²) >= 11 is 0. The Morgan fingerprint density at radius 3 is 2.69 bits per heavy atom. The molecule has 1 aromatic heterocycles. The fraction of sp³-hybridized carbons (Fsp3) is 0.360. The Morgan fingerprint density at radius 2 is 1.91 bits per heavy atom. The summed E-state index contributed by atoms with van der Waals surface area (Å²) in [6, 6.07) is 17.5. The van der Waals surface area contributed by atoms with Crippen LogP contribution >= 0.6 is 0 Å². The summed E-state index contributed by atoms with van der Waals surface area (Å²) < 4.78 is 18.6.